The molecule has 0 aliphatic carbocycles. The molecule has 1 heterocycles. The molecule has 106 valence electrons. The van der Waals surface area contributed by atoms with Crippen molar-refractivity contribution in [1.29, 1.82) is 0 Å². The normalized spacial score (nSPS) is 19.2. The highest BCUT2D eigenvalue weighted by Crippen LogP contribution is 2.22. The number of piperidine rings is 1. The summed E-state index contributed by atoms with van der Waals surface area (Å²) in [5.41, 5.74) is 0. The van der Waals surface area contributed by atoms with Crippen LogP contribution in [-0.4, -0.2) is 56.2 Å². The fraction of sp³-hybridized carbons (Fsp3) is 0.909. The van der Waals surface area contributed by atoms with Gasteiger partial charge in [-0.25, -0.2) is 17.8 Å². The first kappa shape index (κ1) is 15.4. The highest BCUT2D eigenvalue weighted by Gasteiger charge is 2.33. The molecule has 1 fully saturated rings. The molecule has 1 saturated heterocycles. The molecule has 0 aromatic heterocycles. The highest BCUT2D eigenvalue weighted by molar-refractivity contribution is 7.89. The Kier molecular flexibility index (Phi) is 5.12. The summed E-state index contributed by atoms with van der Waals surface area (Å²) in [7, 11) is -0.188. The molecule has 1 rings (SSSR count). The van der Waals surface area contributed by atoms with E-state index >= 15 is 0 Å². The summed E-state index contributed by atoms with van der Waals surface area (Å²) in [6.07, 6.45) is 1.11. The number of sulfonamides is 1. The van der Waals surface area contributed by atoms with Crippen LogP contribution >= 0.6 is 0 Å². The molecule has 6 nitrogen and oxygen atoms in total. The number of hydroxylamine groups is 2. The fourth-order valence-electron chi connectivity index (χ4n) is 2.00. The minimum absolute atomic E-state index is 0.0842. The molecule has 0 spiro atoms. The van der Waals surface area contributed by atoms with Crippen molar-refractivity contribution in [2.75, 3.05) is 27.2 Å². The number of carbonyl (C=O) groups excluding carboxylic acids is 1. The number of hydrogen-bond acceptors (Lipinski definition) is 4. The third kappa shape index (κ3) is 3.21. The van der Waals surface area contributed by atoms with Gasteiger partial charge < -0.3 is 0 Å². The van der Waals surface area contributed by atoms with Gasteiger partial charge in [-0.3, -0.25) is 9.63 Å². The van der Waals surface area contributed by atoms with Gasteiger partial charge in [0, 0.05) is 26.1 Å². The van der Waals surface area contributed by atoms with Crippen molar-refractivity contribution < 1.29 is 18.0 Å². The second-order valence-corrected chi connectivity index (χ2v) is 7.27. The molecule has 0 aromatic rings. The number of carbonyl (C=O) groups is 1. The van der Waals surface area contributed by atoms with Gasteiger partial charge in [0.25, 0.3) is 0 Å². The van der Waals surface area contributed by atoms with Crippen molar-refractivity contribution in [3.8, 4) is 0 Å². The molecule has 0 aromatic carbocycles. The molecule has 1 aliphatic heterocycles. The van der Waals surface area contributed by atoms with E-state index < -0.39 is 15.3 Å². The van der Waals surface area contributed by atoms with Crippen LogP contribution in [0.5, 0.6) is 0 Å². The molecule has 0 saturated carbocycles. The van der Waals surface area contributed by atoms with E-state index in [0.29, 0.717) is 25.9 Å². The zero-order chi connectivity index (χ0) is 13.9. The molecule has 1 amide bonds. The second kappa shape index (κ2) is 5.99. The van der Waals surface area contributed by atoms with Gasteiger partial charge in [-0.05, 0) is 26.7 Å². The van der Waals surface area contributed by atoms with Crippen molar-refractivity contribution in [2.24, 2.45) is 5.92 Å². The molecule has 0 unspecified atom stereocenters. The summed E-state index contributed by atoms with van der Waals surface area (Å²) in [4.78, 5) is 16.7. The van der Waals surface area contributed by atoms with Gasteiger partial charge in [-0.1, -0.05) is 0 Å². The fourth-order valence-corrected chi connectivity index (χ4v) is 3.32. The number of amides is 1. The lowest BCUT2D eigenvalue weighted by Gasteiger charge is -2.32. The van der Waals surface area contributed by atoms with Crippen LogP contribution in [-0.2, 0) is 19.7 Å². The Morgan fingerprint density at radius 1 is 1.33 bits per heavy atom. The molecule has 0 N–H and O–H groups in total. The van der Waals surface area contributed by atoms with Crippen LogP contribution in [0.4, 0.5) is 0 Å². The van der Waals surface area contributed by atoms with Crippen LogP contribution in [0.3, 0.4) is 0 Å². The standard InChI is InChI=1S/C11H22N2O4S/c1-9(2)18(15,16)13-7-5-10(6-8-13)11(14)12(3)17-4/h9-10H,5-8H2,1-4H3. The predicted molar refractivity (Wildman–Crippen MR) is 68.1 cm³/mol. The Balaban J connectivity index is 2.59. The number of hydrogen-bond donors (Lipinski definition) is 0. The topological polar surface area (TPSA) is 66.9 Å². The molecule has 1 aliphatic rings. The number of rotatable bonds is 4. The van der Waals surface area contributed by atoms with Crippen LogP contribution in [0.15, 0.2) is 0 Å². The Labute approximate surface area is 109 Å². The van der Waals surface area contributed by atoms with Crippen LogP contribution in [0.1, 0.15) is 26.7 Å². The van der Waals surface area contributed by atoms with Crippen molar-refractivity contribution in [2.45, 2.75) is 31.9 Å². The number of nitrogens with zero attached hydrogens (tertiary/aromatic N) is 2. The Bertz CT molecular complexity index is 386. The van der Waals surface area contributed by atoms with E-state index in [0.717, 1.165) is 0 Å². The van der Waals surface area contributed by atoms with Gasteiger partial charge in [0.15, 0.2) is 0 Å². The maximum Gasteiger partial charge on any atom is 0.249 e. The first-order valence-electron chi connectivity index (χ1n) is 6.11. The van der Waals surface area contributed by atoms with Crippen molar-refractivity contribution >= 4 is 15.9 Å². The largest absolute Gasteiger partial charge is 0.275 e. The predicted octanol–water partition coefficient (Wildman–Crippen LogP) is 0.456. The van der Waals surface area contributed by atoms with E-state index in [9.17, 15) is 13.2 Å². The molecule has 18 heavy (non-hydrogen) atoms. The lowest BCUT2D eigenvalue weighted by atomic mass is 9.97. The monoisotopic (exact) mass is 278 g/mol. The van der Waals surface area contributed by atoms with Gasteiger partial charge in [-0.2, -0.15) is 0 Å². The maximum absolute atomic E-state index is 12.0. The smallest absolute Gasteiger partial charge is 0.249 e. The quantitative estimate of drug-likeness (QED) is 0.701. The Morgan fingerprint density at radius 3 is 2.22 bits per heavy atom. The first-order chi connectivity index (χ1) is 8.30. The maximum atomic E-state index is 12.0. The van der Waals surface area contributed by atoms with Crippen molar-refractivity contribution in [3.63, 3.8) is 0 Å². The van der Waals surface area contributed by atoms with E-state index in [4.69, 9.17) is 4.84 Å². The zero-order valence-corrected chi connectivity index (χ0v) is 12.2. The van der Waals surface area contributed by atoms with Gasteiger partial charge in [-0.15, -0.1) is 0 Å². The summed E-state index contributed by atoms with van der Waals surface area (Å²) in [5.74, 6) is -0.229. The summed E-state index contributed by atoms with van der Waals surface area (Å²) in [5, 5.41) is 0.795. The molecule has 0 atom stereocenters. The third-order valence-electron chi connectivity index (χ3n) is 3.34. The van der Waals surface area contributed by atoms with Crippen LogP contribution in [0, 0.1) is 5.92 Å². The van der Waals surface area contributed by atoms with E-state index in [2.05, 4.69) is 0 Å². The van der Waals surface area contributed by atoms with Gasteiger partial charge in [0.1, 0.15) is 0 Å². The highest BCUT2D eigenvalue weighted by atomic mass is 32.2. The second-order valence-electron chi connectivity index (χ2n) is 4.79. The molecule has 0 radical (unpaired) electrons. The molecular weight excluding hydrogens is 256 g/mol. The van der Waals surface area contributed by atoms with Crippen molar-refractivity contribution in [3.05, 3.63) is 0 Å². The minimum Gasteiger partial charge on any atom is -0.275 e. The van der Waals surface area contributed by atoms with Crippen LogP contribution in [0.2, 0.25) is 0 Å². The summed E-state index contributed by atoms with van der Waals surface area (Å²) < 4.78 is 25.4. The van der Waals surface area contributed by atoms with Gasteiger partial charge >= 0.3 is 0 Å². The Hall–Kier alpha value is -0.660. The summed E-state index contributed by atoms with van der Waals surface area (Å²) in [6.45, 7) is 4.17. The first-order valence-corrected chi connectivity index (χ1v) is 7.61. The van der Waals surface area contributed by atoms with E-state index in [1.165, 1.54) is 16.5 Å². The average Bonchev–Trinajstić information content (AvgIpc) is 2.36. The minimum atomic E-state index is -3.20. The lowest BCUT2D eigenvalue weighted by Crippen LogP contribution is -2.45. The van der Waals surface area contributed by atoms with Crippen LogP contribution < -0.4 is 0 Å². The lowest BCUT2D eigenvalue weighted by molar-refractivity contribution is -0.174. The summed E-state index contributed by atoms with van der Waals surface area (Å²) >= 11 is 0. The molecular formula is C11H22N2O4S. The van der Waals surface area contributed by atoms with Gasteiger partial charge in [0.2, 0.25) is 15.9 Å². The van der Waals surface area contributed by atoms with E-state index in [1.54, 1.807) is 20.9 Å². The Morgan fingerprint density at radius 2 is 1.83 bits per heavy atom. The zero-order valence-electron chi connectivity index (χ0n) is 11.4. The van der Waals surface area contributed by atoms with Crippen LogP contribution in [0.25, 0.3) is 0 Å². The van der Waals surface area contributed by atoms with E-state index in [-0.39, 0.29) is 11.8 Å². The SMILES string of the molecule is CON(C)C(=O)C1CCN(S(=O)(=O)C(C)C)CC1. The molecule has 0 bridgehead atoms. The third-order valence-corrected chi connectivity index (χ3v) is 5.62. The average molecular weight is 278 g/mol. The van der Waals surface area contributed by atoms with Crippen molar-refractivity contribution in [1.82, 2.24) is 9.37 Å². The molecule has 7 heteroatoms. The summed E-state index contributed by atoms with van der Waals surface area (Å²) in [6, 6.07) is 0. The van der Waals surface area contributed by atoms with E-state index in [1.807, 2.05) is 0 Å². The van der Waals surface area contributed by atoms with Gasteiger partial charge in [0.05, 0.1) is 12.4 Å².